The van der Waals surface area contributed by atoms with Crippen LogP contribution in [-0.4, -0.2) is 38.8 Å². The van der Waals surface area contributed by atoms with Crippen molar-refractivity contribution in [3.05, 3.63) is 36.2 Å². The minimum Gasteiger partial charge on any atom is -0.301 e. The van der Waals surface area contributed by atoms with E-state index >= 15 is 0 Å². The summed E-state index contributed by atoms with van der Waals surface area (Å²) in [6.07, 6.45) is 6.26. The molecule has 124 valence electrons. The Balaban J connectivity index is 1.74. The molecular weight excluding hydrogens is 284 g/mol. The van der Waals surface area contributed by atoms with Crippen LogP contribution < -0.4 is 0 Å². The highest BCUT2D eigenvalue weighted by molar-refractivity contribution is 5.55. The van der Waals surface area contributed by atoms with E-state index in [2.05, 4.69) is 60.9 Å². The van der Waals surface area contributed by atoms with Crippen molar-refractivity contribution in [2.45, 2.75) is 52.6 Å². The van der Waals surface area contributed by atoms with Crippen LogP contribution in [0.15, 0.2) is 30.6 Å². The Morgan fingerprint density at radius 3 is 2.65 bits per heavy atom. The van der Waals surface area contributed by atoms with Gasteiger partial charge in [-0.3, -0.25) is 9.67 Å². The van der Waals surface area contributed by atoms with E-state index in [9.17, 15) is 0 Å². The maximum atomic E-state index is 4.57. The van der Waals surface area contributed by atoms with Gasteiger partial charge in [0.25, 0.3) is 0 Å². The van der Waals surface area contributed by atoms with E-state index < -0.39 is 0 Å². The molecule has 3 rings (SSSR count). The predicted molar refractivity (Wildman–Crippen MR) is 94.4 cm³/mol. The van der Waals surface area contributed by atoms with Crippen molar-refractivity contribution in [3.8, 4) is 11.4 Å². The maximum absolute atomic E-state index is 4.57. The molecule has 1 fully saturated rings. The molecule has 0 saturated carbocycles. The molecule has 0 radical (unpaired) electrons. The number of nitrogens with zero attached hydrogens (tertiary/aromatic N) is 4. The summed E-state index contributed by atoms with van der Waals surface area (Å²) in [4.78, 5) is 7.16. The summed E-state index contributed by atoms with van der Waals surface area (Å²) < 4.78 is 2.04. The van der Waals surface area contributed by atoms with E-state index in [0.29, 0.717) is 12.1 Å². The molecule has 1 aliphatic heterocycles. The van der Waals surface area contributed by atoms with Gasteiger partial charge in [-0.2, -0.15) is 5.10 Å². The van der Waals surface area contributed by atoms with Gasteiger partial charge in [-0.05, 0) is 76.8 Å². The van der Waals surface area contributed by atoms with Gasteiger partial charge in [-0.25, -0.2) is 0 Å². The van der Waals surface area contributed by atoms with Gasteiger partial charge in [0.05, 0.1) is 11.4 Å². The second-order valence-corrected chi connectivity index (χ2v) is 7.25. The zero-order valence-electron chi connectivity index (χ0n) is 14.7. The molecule has 4 heteroatoms. The molecule has 1 atom stereocenters. The molecule has 4 nitrogen and oxygen atoms in total. The Hall–Kier alpha value is -1.68. The molecule has 2 aromatic heterocycles. The smallest absolute Gasteiger partial charge is 0.0885 e. The lowest BCUT2D eigenvalue weighted by molar-refractivity contribution is 0.265. The summed E-state index contributed by atoms with van der Waals surface area (Å²) in [6, 6.07) is 7.47. The van der Waals surface area contributed by atoms with Gasteiger partial charge in [0, 0.05) is 31.0 Å². The Kier molecular flexibility index (Phi) is 4.81. The summed E-state index contributed by atoms with van der Waals surface area (Å²) in [5.41, 5.74) is 3.53. The summed E-state index contributed by atoms with van der Waals surface area (Å²) in [6.45, 7) is 11.3. The molecule has 0 N–H and O–H groups in total. The molecule has 0 aliphatic carbocycles. The SMILES string of the molecule is CC(C)N1CCC(Cc2ccnc(-c3ccnn3C(C)C)c2)C1. The molecule has 0 amide bonds. The molecule has 0 aromatic carbocycles. The zero-order chi connectivity index (χ0) is 16.4. The predicted octanol–water partition coefficient (Wildman–Crippen LogP) is 3.80. The normalized spacial score (nSPS) is 19.1. The summed E-state index contributed by atoms with van der Waals surface area (Å²) in [5, 5.41) is 4.42. The lowest BCUT2D eigenvalue weighted by Gasteiger charge is -2.20. The number of aromatic nitrogens is 3. The summed E-state index contributed by atoms with van der Waals surface area (Å²) >= 11 is 0. The summed E-state index contributed by atoms with van der Waals surface area (Å²) in [5.74, 6) is 0.766. The Bertz CT molecular complexity index is 644. The Morgan fingerprint density at radius 2 is 1.96 bits per heavy atom. The number of pyridine rings is 1. The molecule has 1 aliphatic rings. The quantitative estimate of drug-likeness (QED) is 0.842. The maximum Gasteiger partial charge on any atom is 0.0885 e. The topological polar surface area (TPSA) is 34.0 Å². The largest absolute Gasteiger partial charge is 0.301 e. The average molecular weight is 312 g/mol. The van der Waals surface area contributed by atoms with E-state index in [1.54, 1.807) is 0 Å². The summed E-state index contributed by atoms with van der Waals surface area (Å²) in [7, 11) is 0. The number of rotatable bonds is 5. The Labute approximate surface area is 139 Å². The highest BCUT2D eigenvalue weighted by atomic mass is 15.3. The fourth-order valence-corrected chi connectivity index (χ4v) is 3.50. The molecule has 3 heterocycles. The van der Waals surface area contributed by atoms with Crippen LogP contribution in [-0.2, 0) is 6.42 Å². The second-order valence-electron chi connectivity index (χ2n) is 7.25. The third-order valence-corrected chi connectivity index (χ3v) is 4.82. The average Bonchev–Trinajstić information content (AvgIpc) is 3.16. The minimum absolute atomic E-state index is 0.347. The van der Waals surface area contributed by atoms with Crippen LogP contribution in [0.3, 0.4) is 0 Å². The molecule has 2 aromatic rings. The fourth-order valence-electron chi connectivity index (χ4n) is 3.50. The van der Waals surface area contributed by atoms with Crippen molar-refractivity contribution < 1.29 is 0 Å². The zero-order valence-corrected chi connectivity index (χ0v) is 14.7. The van der Waals surface area contributed by atoms with Crippen LogP contribution in [0.4, 0.5) is 0 Å². The molecule has 1 unspecified atom stereocenters. The highest BCUT2D eigenvalue weighted by Crippen LogP contribution is 2.25. The van der Waals surface area contributed by atoms with Gasteiger partial charge in [0.15, 0.2) is 0 Å². The van der Waals surface area contributed by atoms with E-state index in [0.717, 1.165) is 23.7 Å². The third kappa shape index (κ3) is 3.63. The molecule has 1 saturated heterocycles. The second kappa shape index (κ2) is 6.83. The van der Waals surface area contributed by atoms with Crippen LogP contribution in [0.2, 0.25) is 0 Å². The molecule has 0 spiro atoms. The number of hydrogen-bond donors (Lipinski definition) is 0. The number of likely N-dealkylation sites (tertiary alicyclic amines) is 1. The fraction of sp³-hybridized carbons (Fsp3) is 0.579. The van der Waals surface area contributed by atoms with Crippen molar-refractivity contribution in [3.63, 3.8) is 0 Å². The van der Waals surface area contributed by atoms with Gasteiger partial charge < -0.3 is 4.90 Å². The van der Waals surface area contributed by atoms with Gasteiger partial charge in [-0.15, -0.1) is 0 Å². The molecule has 0 bridgehead atoms. The number of hydrogen-bond acceptors (Lipinski definition) is 3. The lowest BCUT2D eigenvalue weighted by Crippen LogP contribution is -2.28. The monoisotopic (exact) mass is 312 g/mol. The first kappa shape index (κ1) is 16.2. The van der Waals surface area contributed by atoms with Gasteiger partial charge in [0.2, 0.25) is 0 Å². The van der Waals surface area contributed by atoms with E-state index in [4.69, 9.17) is 0 Å². The lowest BCUT2D eigenvalue weighted by atomic mass is 9.98. The van der Waals surface area contributed by atoms with Crippen molar-refractivity contribution >= 4 is 0 Å². The Morgan fingerprint density at radius 1 is 1.13 bits per heavy atom. The highest BCUT2D eigenvalue weighted by Gasteiger charge is 2.24. The van der Waals surface area contributed by atoms with Crippen LogP contribution in [0.5, 0.6) is 0 Å². The van der Waals surface area contributed by atoms with E-state index in [1.165, 1.54) is 25.1 Å². The van der Waals surface area contributed by atoms with Gasteiger partial charge in [0.1, 0.15) is 0 Å². The van der Waals surface area contributed by atoms with Gasteiger partial charge in [-0.1, -0.05) is 0 Å². The van der Waals surface area contributed by atoms with Gasteiger partial charge >= 0.3 is 0 Å². The standard InChI is InChI=1S/C19H28N4/c1-14(2)22-10-7-17(13-22)11-16-5-8-20-18(12-16)19-6-9-21-23(19)15(3)4/h5-6,8-9,12,14-15,17H,7,10-11,13H2,1-4H3. The third-order valence-electron chi connectivity index (χ3n) is 4.82. The first-order chi connectivity index (χ1) is 11.0. The van der Waals surface area contributed by atoms with Crippen molar-refractivity contribution in [1.82, 2.24) is 19.7 Å². The molecular formula is C19H28N4. The van der Waals surface area contributed by atoms with E-state index in [1.807, 2.05) is 17.1 Å². The van der Waals surface area contributed by atoms with Crippen molar-refractivity contribution in [2.24, 2.45) is 5.92 Å². The van der Waals surface area contributed by atoms with Crippen molar-refractivity contribution in [1.29, 1.82) is 0 Å². The first-order valence-electron chi connectivity index (χ1n) is 8.77. The van der Waals surface area contributed by atoms with Crippen LogP contribution in [0, 0.1) is 5.92 Å². The van der Waals surface area contributed by atoms with Crippen LogP contribution in [0.25, 0.3) is 11.4 Å². The molecule has 23 heavy (non-hydrogen) atoms. The van der Waals surface area contributed by atoms with Crippen molar-refractivity contribution in [2.75, 3.05) is 13.1 Å². The first-order valence-corrected chi connectivity index (χ1v) is 8.77. The van der Waals surface area contributed by atoms with Crippen LogP contribution >= 0.6 is 0 Å². The van der Waals surface area contributed by atoms with E-state index in [-0.39, 0.29) is 0 Å². The van der Waals surface area contributed by atoms with Crippen LogP contribution in [0.1, 0.15) is 45.7 Å². The minimum atomic E-state index is 0.347.